The first-order chi connectivity index (χ1) is 7.22. The van der Waals surface area contributed by atoms with Crippen LogP contribution in [0.5, 0.6) is 0 Å². The minimum atomic E-state index is 0.155. The number of rotatable bonds is 3. The number of hydrogen-bond acceptors (Lipinski definition) is 2. The van der Waals surface area contributed by atoms with Crippen LogP contribution in [0, 0.1) is 5.92 Å². The van der Waals surface area contributed by atoms with Crippen molar-refractivity contribution in [1.82, 2.24) is 5.32 Å². The van der Waals surface area contributed by atoms with Gasteiger partial charge in [0.15, 0.2) is 5.78 Å². The standard InChI is InChI=1S/C12H14ClNO/c1-14-9-6-8(7-9)12(15)10-4-2-3-5-11(10)13/h2-5,8-9,14H,6-7H2,1H3. The summed E-state index contributed by atoms with van der Waals surface area (Å²) in [5, 5.41) is 3.73. The third kappa shape index (κ3) is 2.06. The molecule has 1 saturated carbocycles. The first-order valence-electron chi connectivity index (χ1n) is 5.18. The molecule has 0 atom stereocenters. The zero-order valence-electron chi connectivity index (χ0n) is 8.66. The van der Waals surface area contributed by atoms with Crippen molar-refractivity contribution in [3.63, 3.8) is 0 Å². The lowest BCUT2D eigenvalue weighted by molar-refractivity contribution is 0.0816. The van der Waals surface area contributed by atoms with Crippen LogP contribution >= 0.6 is 11.6 Å². The van der Waals surface area contributed by atoms with Gasteiger partial charge in [0.25, 0.3) is 0 Å². The van der Waals surface area contributed by atoms with Gasteiger partial charge in [-0.1, -0.05) is 23.7 Å². The molecule has 0 aromatic heterocycles. The number of carbonyl (C=O) groups excluding carboxylic acids is 1. The van der Waals surface area contributed by atoms with Gasteiger partial charge in [-0.25, -0.2) is 0 Å². The van der Waals surface area contributed by atoms with Crippen LogP contribution in [0.2, 0.25) is 5.02 Å². The highest BCUT2D eigenvalue weighted by atomic mass is 35.5. The number of benzene rings is 1. The van der Waals surface area contributed by atoms with Crippen molar-refractivity contribution in [3.8, 4) is 0 Å². The molecule has 0 unspecified atom stereocenters. The third-order valence-corrected chi connectivity index (χ3v) is 3.39. The summed E-state index contributed by atoms with van der Waals surface area (Å²) in [5.41, 5.74) is 0.665. The van der Waals surface area contributed by atoms with Gasteiger partial charge in [0.05, 0.1) is 5.02 Å². The number of ketones is 1. The van der Waals surface area contributed by atoms with Gasteiger partial charge in [0.1, 0.15) is 0 Å². The van der Waals surface area contributed by atoms with E-state index < -0.39 is 0 Å². The van der Waals surface area contributed by atoms with Crippen molar-refractivity contribution >= 4 is 17.4 Å². The predicted octanol–water partition coefficient (Wildman–Crippen LogP) is 2.52. The normalized spacial score (nSPS) is 24.7. The quantitative estimate of drug-likeness (QED) is 0.798. The Labute approximate surface area is 94.6 Å². The fourth-order valence-corrected chi connectivity index (χ4v) is 2.18. The average Bonchev–Trinajstić information content (AvgIpc) is 2.16. The van der Waals surface area contributed by atoms with E-state index in [0.29, 0.717) is 16.6 Å². The first kappa shape index (κ1) is 10.7. The van der Waals surface area contributed by atoms with Crippen molar-refractivity contribution in [2.45, 2.75) is 18.9 Å². The minimum absolute atomic E-state index is 0.155. The smallest absolute Gasteiger partial charge is 0.167 e. The van der Waals surface area contributed by atoms with E-state index in [0.717, 1.165) is 12.8 Å². The number of nitrogens with one attached hydrogen (secondary N) is 1. The van der Waals surface area contributed by atoms with Gasteiger partial charge in [-0.05, 0) is 32.0 Å². The van der Waals surface area contributed by atoms with Gasteiger partial charge in [0, 0.05) is 17.5 Å². The SMILES string of the molecule is CNC1CC(C(=O)c2ccccc2Cl)C1. The average molecular weight is 224 g/mol. The summed E-state index contributed by atoms with van der Waals surface area (Å²) in [6, 6.07) is 7.77. The summed E-state index contributed by atoms with van der Waals surface area (Å²) in [5.74, 6) is 0.342. The molecule has 1 aliphatic carbocycles. The molecule has 1 aromatic rings. The summed E-state index contributed by atoms with van der Waals surface area (Å²) in [6.45, 7) is 0. The lowest BCUT2D eigenvalue weighted by Gasteiger charge is -2.34. The Hall–Kier alpha value is -0.860. The number of carbonyl (C=O) groups is 1. The molecule has 2 rings (SSSR count). The Morgan fingerprint density at radius 2 is 2.07 bits per heavy atom. The molecule has 0 amide bonds. The van der Waals surface area contributed by atoms with Crippen molar-refractivity contribution in [2.75, 3.05) is 7.05 Å². The van der Waals surface area contributed by atoms with Crippen LogP contribution in [-0.2, 0) is 0 Å². The van der Waals surface area contributed by atoms with Crippen LogP contribution in [0.4, 0.5) is 0 Å². The summed E-state index contributed by atoms with van der Waals surface area (Å²) >= 11 is 5.98. The highest BCUT2D eigenvalue weighted by Gasteiger charge is 2.34. The predicted molar refractivity (Wildman–Crippen MR) is 61.4 cm³/mol. The molecule has 80 valence electrons. The Kier molecular flexibility index (Phi) is 3.08. The van der Waals surface area contributed by atoms with E-state index in [1.807, 2.05) is 19.2 Å². The molecule has 2 nitrogen and oxygen atoms in total. The van der Waals surface area contributed by atoms with Crippen LogP contribution in [0.1, 0.15) is 23.2 Å². The Morgan fingerprint density at radius 3 is 2.67 bits per heavy atom. The maximum absolute atomic E-state index is 12.0. The largest absolute Gasteiger partial charge is 0.317 e. The highest BCUT2D eigenvalue weighted by Crippen LogP contribution is 2.32. The topological polar surface area (TPSA) is 29.1 Å². The maximum Gasteiger partial charge on any atom is 0.167 e. The number of Topliss-reactive ketones (excluding diaryl/α,β-unsaturated/α-hetero) is 1. The van der Waals surface area contributed by atoms with Crippen LogP contribution in [-0.4, -0.2) is 18.9 Å². The maximum atomic E-state index is 12.0. The van der Waals surface area contributed by atoms with Gasteiger partial charge in [0.2, 0.25) is 0 Å². The van der Waals surface area contributed by atoms with Gasteiger partial charge in [-0.15, -0.1) is 0 Å². The van der Waals surface area contributed by atoms with E-state index in [-0.39, 0.29) is 11.7 Å². The molecule has 1 N–H and O–H groups in total. The van der Waals surface area contributed by atoms with E-state index >= 15 is 0 Å². The summed E-state index contributed by atoms with van der Waals surface area (Å²) in [4.78, 5) is 12.0. The second-order valence-electron chi connectivity index (χ2n) is 4.00. The number of halogens is 1. The summed E-state index contributed by atoms with van der Waals surface area (Å²) < 4.78 is 0. The lowest BCUT2D eigenvalue weighted by Crippen LogP contribution is -2.42. The second kappa shape index (κ2) is 4.33. The molecule has 0 spiro atoms. The fraction of sp³-hybridized carbons (Fsp3) is 0.417. The van der Waals surface area contributed by atoms with Crippen LogP contribution in [0.25, 0.3) is 0 Å². The molecule has 0 aliphatic heterocycles. The monoisotopic (exact) mass is 223 g/mol. The van der Waals surface area contributed by atoms with Crippen LogP contribution in [0.15, 0.2) is 24.3 Å². The Balaban J connectivity index is 2.07. The van der Waals surface area contributed by atoms with E-state index in [1.165, 1.54) is 0 Å². The fourth-order valence-electron chi connectivity index (χ4n) is 1.95. The third-order valence-electron chi connectivity index (χ3n) is 3.06. The van der Waals surface area contributed by atoms with Gasteiger partial charge >= 0.3 is 0 Å². The molecule has 3 heteroatoms. The number of hydrogen-bond donors (Lipinski definition) is 1. The van der Waals surface area contributed by atoms with E-state index in [1.54, 1.807) is 12.1 Å². The molecule has 1 aromatic carbocycles. The molecule has 1 fully saturated rings. The van der Waals surface area contributed by atoms with Crippen LogP contribution in [0.3, 0.4) is 0 Å². The van der Waals surface area contributed by atoms with E-state index in [9.17, 15) is 4.79 Å². The van der Waals surface area contributed by atoms with Crippen molar-refractivity contribution < 1.29 is 4.79 Å². The molecule has 15 heavy (non-hydrogen) atoms. The van der Waals surface area contributed by atoms with Crippen molar-refractivity contribution in [2.24, 2.45) is 5.92 Å². The Morgan fingerprint density at radius 1 is 1.40 bits per heavy atom. The molecule has 1 aliphatic rings. The van der Waals surface area contributed by atoms with Crippen molar-refractivity contribution in [3.05, 3.63) is 34.9 Å². The first-order valence-corrected chi connectivity index (χ1v) is 5.56. The lowest BCUT2D eigenvalue weighted by atomic mass is 9.76. The van der Waals surface area contributed by atoms with Gasteiger partial charge in [-0.2, -0.15) is 0 Å². The second-order valence-corrected chi connectivity index (χ2v) is 4.41. The molecule has 0 radical (unpaired) electrons. The molecular weight excluding hydrogens is 210 g/mol. The highest BCUT2D eigenvalue weighted by molar-refractivity contribution is 6.34. The zero-order chi connectivity index (χ0) is 10.8. The van der Waals surface area contributed by atoms with E-state index in [4.69, 9.17) is 11.6 Å². The minimum Gasteiger partial charge on any atom is -0.317 e. The summed E-state index contributed by atoms with van der Waals surface area (Å²) in [6.07, 6.45) is 1.86. The molecule has 0 heterocycles. The summed E-state index contributed by atoms with van der Waals surface area (Å²) in [7, 11) is 1.93. The molecule has 0 bridgehead atoms. The van der Waals surface area contributed by atoms with E-state index in [2.05, 4.69) is 5.32 Å². The van der Waals surface area contributed by atoms with Gasteiger partial charge < -0.3 is 5.32 Å². The molecule has 0 saturated heterocycles. The Bertz CT molecular complexity index is 372. The van der Waals surface area contributed by atoms with Crippen LogP contribution < -0.4 is 5.32 Å². The molecular formula is C12H14ClNO. The van der Waals surface area contributed by atoms with Crippen molar-refractivity contribution in [1.29, 1.82) is 0 Å². The van der Waals surface area contributed by atoms with Gasteiger partial charge in [-0.3, -0.25) is 4.79 Å². The zero-order valence-corrected chi connectivity index (χ0v) is 9.42.